The first-order valence-corrected chi connectivity index (χ1v) is 8.70. The molecule has 0 atom stereocenters. The fraction of sp³-hybridized carbons (Fsp3) is 0.600. The van der Waals surface area contributed by atoms with Gasteiger partial charge in [-0.3, -0.25) is 0 Å². The molecule has 1 rings (SSSR count). The Morgan fingerprint density at radius 3 is 2.40 bits per heavy atom. The normalized spacial score (nSPS) is 12.1. The molecule has 4 nitrogen and oxygen atoms in total. The zero-order chi connectivity index (χ0) is 15.2. The first-order chi connectivity index (χ1) is 9.33. The van der Waals surface area contributed by atoms with Gasteiger partial charge in [-0.1, -0.05) is 32.0 Å². The molecule has 0 amide bonds. The predicted octanol–water partition coefficient (Wildman–Crippen LogP) is 2.39. The third kappa shape index (κ3) is 5.51. The van der Waals surface area contributed by atoms with Crippen molar-refractivity contribution < 1.29 is 13.2 Å². The van der Waals surface area contributed by atoms with Gasteiger partial charge >= 0.3 is 0 Å². The molecule has 0 heterocycles. The van der Waals surface area contributed by atoms with Crippen molar-refractivity contribution in [3.8, 4) is 5.75 Å². The Morgan fingerprint density at radius 1 is 1.15 bits per heavy atom. The van der Waals surface area contributed by atoms with E-state index in [1.165, 1.54) is 0 Å². The summed E-state index contributed by atoms with van der Waals surface area (Å²) in [6.45, 7) is 8.45. The molecule has 0 aliphatic rings. The van der Waals surface area contributed by atoms with E-state index in [9.17, 15) is 8.42 Å². The van der Waals surface area contributed by atoms with Gasteiger partial charge in [-0.15, -0.1) is 0 Å². The highest BCUT2D eigenvalue weighted by atomic mass is 32.2. The lowest BCUT2D eigenvalue weighted by atomic mass is 10.2. The summed E-state index contributed by atoms with van der Waals surface area (Å²) < 4.78 is 29.1. The van der Waals surface area contributed by atoms with Crippen molar-refractivity contribution in [2.75, 3.05) is 12.4 Å². The second-order valence-corrected chi connectivity index (χ2v) is 8.08. The summed E-state index contributed by atoms with van der Waals surface area (Å²) in [7, 11) is -3.05. The van der Waals surface area contributed by atoms with Crippen LogP contribution >= 0.6 is 0 Å². The van der Waals surface area contributed by atoms with E-state index in [1.54, 1.807) is 13.8 Å². The van der Waals surface area contributed by atoms with Crippen molar-refractivity contribution in [3.05, 3.63) is 29.8 Å². The summed E-state index contributed by atoms with van der Waals surface area (Å²) in [6, 6.07) is 8.10. The van der Waals surface area contributed by atoms with Crippen molar-refractivity contribution >= 4 is 9.84 Å². The first-order valence-electron chi connectivity index (χ1n) is 6.98. The number of ether oxygens (including phenoxy) is 1. The zero-order valence-electron chi connectivity index (χ0n) is 12.7. The maximum absolute atomic E-state index is 11.7. The molecule has 0 aliphatic carbocycles. The molecule has 20 heavy (non-hydrogen) atoms. The molecule has 1 aromatic carbocycles. The van der Waals surface area contributed by atoms with Gasteiger partial charge in [0.2, 0.25) is 0 Å². The van der Waals surface area contributed by atoms with Gasteiger partial charge in [0.05, 0.1) is 11.0 Å². The third-order valence-corrected chi connectivity index (χ3v) is 5.19. The number of benzene rings is 1. The van der Waals surface area contributed by atoms with Gasteiger partial charge in [-0.25, -0.2) is 8.42 Å². The number of hydrogen-bond acceptors (Lipinski definition) is 4. The van der Waals surface area contributed by atoms with E-state index in [0.29, 0.717) is 12.6 Å². The lowest BCUT2D eigenvalue weighted by Crippen LogP contribution is -2.23. The van der Waals surface area contributed by atoms with Gasteiger partial charge in [0.1, 0.15) is 12.4 Å². The monoisotopic (exact) mass is 299 g/mol. The Morgan fingerprint density at radius 2 is 1.80 bits per heavy atom. The maximum Gasteiger partial charge on any atom is 0.155 e. The molecule has 0 fully saturated rings. The minimum Gasteiger partial charge on any atom is -0.492 e. The van der Waals surface area contributed by atoms with Crippen molar-refractivity contribution in [1.29, 1.82) is 0 Å². The second kappa shape index (κ2) is 7.64. The highest BCUT2D eigenvalue weighted by Crippen LogP contribution is 2.18. The average molecular weight is 299 g/mol. The lowest BCUT2D eigenvalue weighted by Gasteiger charge is -2.14. The first kappa shape index (κ1) is 17.0. The summed E-state index contributed by atoms with van der Waals surface area (Å²) in [6.07, 6.45) is 0. The molecule has 0 radical (unpaired) electrons. The van der Waals surface area contributed by atoms with Crippen LogP contribution < -0.4 is 10.1 Å². The van der Waals surface area contributed by atoms with Gasteiger partial charge < -0.3 is 10.1 Å². The van der Waals surface area contributed by atoms with E-state index in [4.69, 9.17) is 4.74 Å². The second-order valence-electron chi connectivity index (χ2n) is 5.41. The highest BCUT2D eigenvalue weighted by molar-refractivity contribution is 7.91. The molecule has 1 N–H and O–H groups in total. The van der Waals surface area contributed by atoms with Crippen molar-refractivity contribution in [3.63, 3.8) is 0 Å². The minimum absolute atomic E-state index is 0.0522. The topological polar surface area (TPSA) is 55.4 Å². The molecule has 0 saturated carbocycles. The quantitative estimate of drug-likeness (QED) is 0.801. The standard InChI is InChI=1S/C15H25NO3S/c1-12(2)16-11-14-7-5-6-8-15(14)19-9-10-20(17,18)13(3)4/h5-8,12-13,16H,9-11H2,1-4H3. The Kier molecular flexibility index (Phi) is 6.49. The molecule has 0 spiro atoms. The number of rotatable bonds is 8. The Labute approximate surface area is 122 Å². The lowest BCUT2D eigenvalue weighted by molar-refractivity contribution is 0.335. The van der Waals surface area contributed by atoms with E-state index < -0.39 is 9.84 Å². The zero-order valence-corrected chi connectivity index (χ0v) is 13.5. The van der Waals surface area contributed by atoms with Crippen molar-refractivity contribution in [2.24, 2.45) is 0 Å². The number of hydrogen-bond donors (Lipinski definition) is 1. The summed E-state index contributed by atoms with van der Waals surface area (Å²) >= 11 is 0. The Hall–Kier alpha value is -1.07. The van der Waals surface area contributed by atoms with Crippen molar-refractivity contribution in [1.82, 2.24) is 5.32 Å². The molecule has 0 bridgehead atoms. The van der Waals surface area contributed by atoms with Crippen LogP contribution in [0.15, 0.2) is 24.3 Å². The van der Waals surface area contributed by atoms with E-state index in [-0.39, 0.29) is 17.6 Å². The summed E-state index contributed by atoms with van der Waals surface area (Å²) in [5.41, 5.74) is 1.04. The van der Waals surface area contributed by atoms with Gasteiger partial charge in [0.15, 0.2) is 9.84 Å². The van der Waals surface area contributed by atoms with Crippen LogP contribution in [0.25, 0.3) is 0 Å². The summed E-state index contributed by atoms with van der Waals surface area (Å²) in [4.78, 5) is 0. The van der Waals surface area contributed by atoms with Crippen LogP contribution in [0.4, 0.5) is 0 Å². The molecular formula is C15H25NO3S. The smallest absolute Gasteiger partial charge is 0.155 e. The highest BCUT2D eigenvalue weighted by Gasteiger charge is 2.16. The van der Waals surface area contributed by atoms with Crippen LogP contribution in [0.2, 0.25) is 0 Å². The van der Waals surface area contributed by atoms with Gasteiger partial charge in [-0.2, -0.15) is 0 Å². The van der Waals surface area contributed by atoms with E-state index in [1.807, 2.05) is 24.3 Å². The van der Waals surface area contributed by atoms with Crippen LogP contribution in [-0.4, -0.2) is 32.1 Å². The molecule has 1 aromatic rings. The van der Waals surface area contributed by atoms with E-state index in [2.05, 4.69) is 19.2 Å². The fourth-order valence-corrected chi connectivity index (χ4v) is 2.40. The predicted molar refractivity (Wildman–Crippen MR) is 82.8 cm³/mol. The van der Waals surface area contributed by atoms with Crippen LogP contribution in [0.5, 0.6) is 5.75 Å². The largest absolute Gasteiger partial charge is 0.492 e. The van der Waals surface area contributed by atoms with Crippen LogP contribution in [0.1, 0.15) is 33.3 Å². The van der Waals surface area contributed by atoms with E-state index in [0.717, 1.165) is 11.3 Å². The van der Waals surface area contributed by atoms with Gasteiger partial charge in [-0.05, 0) is 19.9 Å². The number of para-hydroxylation sites is 1. The summed E-state index contributed by atoms with van der Waals surface area (Å²) in [5.74, 6) is 0.802. The minimum atomic E-state index is -3.05. The molecule has 5 heteroatoms. The van der Waals surface area contributed by atoms with Crippen LogP contribution in [0.3, 0.4) is 0 Å². The molecule has 0 saturated heterocycles. The average Bonchev–Trinajstić information content (AvgIpc) is 2.37. The van der Waals surface area contributed by atoms with Gasteiger partial charge in [0.25, 0.3) is 0 Å². The third-order valence-electron chi connectivity index (χ3n) is 3.02. The molecule has 0 aliphatic heterocycles. The number of nitrogens with one attached hydrogen (secondary N) is 1. The molecule has 0 aromatic heterocycles. The molecule has 114 valence electrons. The van der Waals surface area contributed by atoms with Crippen LogP contribution in [-0.2, 0) is 16.4 Å². The van der Waals surface area contributed by atoms with E-state index >= 15 is 0 Å². The van der Waals surface area contributed by atoms with Gasteiger partial charge in [0, 0.05) is 18.2 Å². The fourth-order valence-electron chi connectivity index (χ4n) is 1.61. The Bertz CT molecular complexity index is 510. The summed E-state index contributed by atoms with van der Waals surface area (Å²) in [5, 5.41) is 2.97. The van der Waals surface area contributed by atoms with Crippen LogP contribution in [0, 0.1) is 0 Å². The maximum atomic E-state index is 11.7. The Balaban J connectivity index is 2.60. The van der Waals surface area contributed by atoms with Crippen molar-refractivity contribution in [2.45, 2.75) is 45.5 Å². The SMILES string of the molecule is CC(C)NCc1ccccc1OCCS(=O)(=O)C(C)C. The number of sulfone groups is 1. The molecule has 0 unspecified atom stereocenters. The molecular weight excluding hydrogens is 274 g/mol.